The molecule has 15 nitrogen and oxygen atoms in total. The van der Waals surface area contributed by atoms with Gasteiger partial charge in [-0.15, -0.1) is 0 Å². The van der Waals surface area contributed by atoms with Gasteiger partial charge in [0.1, 0.15) is 54.9 Å². The lowest BCUT2D eigenvalue weighted by atomic mass is 9.98. The van der Waals surface area contributed by atoms with Crippen molar-refractivity contribution in [2.24, 2.45) is 23.7 Å². The molecular formula is C63H115NO14. The first kappa shape index (κ1) is 68.9. The van der Waals surface area contributed by atoms with Crippen molar-refractivity contribution in [1.82, 2.24) is 5.32 Å². The van der Waals surface area contributed by atoms with Crippen molar-refractivity contribution in [3.05, 3.63) is 23.8 Å². The molecule has 2 saturated carbocycles. The average molecular weight is 1110 g/mol. The number of carbonyl (C=O) groups excluding carboxylic acids is 1. The van der Waals surface area contributed by atoms with Gasteiger partial charge in [0.05, 0.1) is 38.6 Å². The van der Waals surface area contributed by atoms with Crippen LogP contribution in [-0.2, 0) is 28.5 Å². The highest BCUT2D eigenvalue weighted by molar-refractivity contribution is 5.80. The second kappa shape index (κ2) is 40.6. The predicted octanol–water partition coefficient (Wildman–Crippen LogP) is 9.79. The van der Waals surface area contributed by atoms with Crippen molar-refractivity contribution < 1.29 is 69.3 Å². The largest absolute Gasteiger partial charge is 0.394 e. The molecule has 0 radical (unpaired) electrons. The minimum Gasteiger partial charge on any atom is -0.394 e. The number of aliphatic hydroxyl groups is 8. The molecule has 0 aromatic rings. The molecule has 0 aromatic carbocycles. The van der Waals surface area contributed by atoms with Gasteiger partial charge in [0.25, 0.3) is 0 Å². The van der Waals surface area contributed by atoms with E-state index < -0.39 is 98.8 Å². The molecule has 78 heavy (non-hydrogen) atoms. The summed E-state index contributed by atoms with van der Waals surface area (Å²) in [6.07, 6.45) is 28.5. The summed E-state index contributed by atoms with van der Waals surface area (Å²) < 4.78 is 29.6. The van der Waals surface area contributed by atoms with E-state index in [0.29, 0.717) is 12.8 Å². The Bertz CT molecular complexity index is 1580. The lowest BCUT2D eigenvalue weighted by Crippen LogP contribution is -2.62. The summed E-state index contributed by atoms with van der Waals surface area (Å²) in [6.45, 7) is 6.92. The second-order valence-corrected chi connectivity index (χ2v) is 24.4. The summed E-state index contributed by atoms with van der Waals surface area (Å²) in [7, 11) is 0. The maximum Gasteiger partial charge on any atom is 0.249 e. The van der Waals surface area contributed by atoms with E-state index in [9.17, 15) is 45.6 Å². The summed E-state index contributed by atoms with van der Waals surface area (Å²) >= 11 is 0. The number of hydrogen-bond acceptors (Lipinski definition) is 14. The lowest BCUT2D eigenvalue weighted by molar-refractivity contribution is -0.334. The van der Waals surface area contributed by atoms with Gasteiger partial charge < -0.3 is 69.9 Å². The summed E-state index contributed by atoms with van der Waals surface area (Å²) in [5, 5.41) is 89.0. The smallest absolute Gasteiger partial charge is 0.249 e. The molecule has 15 heteroatoms. The fourth-order valence-corrected chi connectivity index (χ4v) is 11.7. The van der Waals surface area contributed by atoms with Crippen molar-refractivity contribution in [3.8, 4) is 0 Å². The number of allylic oxidation sites excluding steroid dienone is 3. The quantitative estimate of drug-likeness (QED) is 0.0204. The molecule has 456 valence electrons. The molecule has 9 N–H and O–H groups in total. The van der Waals surface area contributed by atoms with Crippen LogP contribution in [0.25, 0.3) is 0 Å². The summed E-state index contributed by atoms with van der Waals surface area (Å²) in [6, 6.07) is -0.975. The number of aliphatic hydroxyl groups excluding tert-OH is 8. The third kappa shape index (κ3) is 27.2. The van der Waals surface area contributed by atoms with Crippen molar-refractivity contribution in [1.29, 1.82) is 0 Å². The van der Waals surface area contributed by atoms with E-state index in [-0.39, 0.29) is 19.6 Å². The first-order chi connectivity index (χ1) is 37.8. The molecule has 2 aliphatic carbocycles. The SMILES string of the molecule is CCCCCCCCCC[C@H]1C[C@@H]1CCCC/C=C\CC[C@@H](O)C(=O)N[C@@H](CO[C@@H]1O[C@H](CO[C@@H]2O[C@H](CO)[C@@H](O)[C@H](O)[C@H]2O)[C@H](O)[C@H](O)[C@H]1OCC=C(C)C)[C@H](O)CCCCCCC[C@H]1C[C@@H]1CCCCCCCCCC. The van der Waals surface area contributed by atoms with Gasteiger partial charge in [-0.2, -0.15) is 0 Å². The van der Waals surface area contributed by atoms with Gasteiger partial charge in [-0.3, -0.25) is 4.79 Å². The zero-order valence-corrected chi connectivity index (χ0v) is 49.2. The molecule has 17 atom stereocenters. The zero-order chi connectivity index (χ0) is 56.5. The summed E-state index contributed by atoms with van der Waals surface area (Å²) in [5.41, 5.74) is 0.951. The Morgan fingerprint density at radius 3 is 1.58 bits per heavy atom. The van der Waals surface area contributed by atoms with Crippen LogP contribution in [0.4, 0.5) is 0 Å². The van der Waals surface area contributed by atoms with Crippen LogP contribution < -0.4 is 5.32 Å². The Kier molecular flexibility index (Phi) is 35.9. The van der Waals surface area contributed by atoms with Gasteiger partial charge in [0.2, 0.25) is 5.91 Å². The molecule has 0 unspecified atom stereocenters. The van der Waals surface area contributed by atoms with E-state index in [1.165, 1.54) is 154 Å². The molecule has 0 bridgehead atoms. The molecule has 4 rings (SSSR count). The standard InChI is InChI=1S/C63H115NO14/c1-5-7-9-11-13-15-20-26-32-46-40-48(46)34-28-22-17-18-24-31-37-52(67)61(73)64-50(51(66)36-30-25-19-23-29-35-49-41-47(49)33-27-21-16-14-12-10-8-6-2)43-75-63-60(74-39-38-45(3)4)58(71)56(69)54(78-63)44-76-62-59(72)57(70)55(68)53(42-65)77-62/h18,24,38,46-60,62-63,65-72H,5-17,19-23,25-37,39-44H2,1-4H3,(H,64,73)/b24-18-/t46-,47-,48-,49-,50-,51+,52+,53+,54+,55+,56-,57-,58-,59+,60+,62+,63+/m0/s1. The van der Waals surface area contributed by atoms with Gasteiger partial charge in [0, 0.05) is 0 Å². The van der Waals surface area contributed by atoms with E-state index in [2.05, 4.69) is 25.2 Å². The van der Waals surface area contributed by atoms with E-state index >= 15 is 0 Å². The maximum atomic E-state index is 13.6. The van der Waals surface area contributed by atoms with Crippen molar-refractivity contribution in [2.75, 3.05) is 26.4 Å². The monoisotopic (exact) mass is 1110 g/mol. The fourth-order valence-electron chi connectivity index (χ4n) is 11.7. The van der Waals surface area contributed by atoms with E-state index in [4.69, 9.17) is 23.7 Å². The number of carbonyl (C=O) groups is 1. The van der Waals surface area contributed by atoms with Crippen molar-refractivity contribution >= 4 is 5.91 Å². The number of unbranched alkanes of at least 4 members (excludes halogenated alkanes) is 20. The molecule has 4 fully saturated rings. The van der Waals surface area contributed by atoms with Gasteiger partial charge in [-0.05, 0) is 82.5 Å². The van der Waals surface area contributed by atoms with Crippen LogP contribution in [0.3, 0.4) is 0 Å². The number of hydrogen-bond donors (Lipinski definition) is 9. The minimum absolute atomic E-state index is 0.0519. The molecule has 0 aromatic heterocycles. The lowest BCUT2D eigenvalue weighted by Gasteiger charge is -2.44. The third-order valence-corrected chi connectivity index (χ3v) is 17.3. The number of rotatable bonds is 47. The maximum absolute atomic E-state index is 13.6. The van der Waals surface area contributed by atoms with Crippen LogP contribution in [0, 0.1) is 23.7 Å². The molecule has 2 saturated heterocycles. The summed E-state index contributed by atoms with van der Waals surface area (Å²) in [5.74, 6) is 3.02. The molecule has 0 spiro atoms. The van der Waals surface area contributed by atoms with Crippen LogP contribution in [0.2, 0.25) is 0 Å². The molecule has 2 heterocycles. The van der Waals surface area contributed by atoms with E-state index in [1.54, 1.807) is 6.08 Å². The van der Waals surface area contributed by atoms with Crippen molar-refractivity contribution in [2.45, 2.75) is 319 Å². The fraction of sp³-hybridized carbons (Fsp3) is 0.921. The normalized spacial score (nSPS) is 30.1. The Labute approximate surface area is 472 Å². The van der Waals surface area contributed by atoms with Gasteiger partial charge >= 0.3 is 0 Å². The van der Waals surface area contributed by atoms with Crippen LogP contribution in [0.15, 0.2) is 23.8 Å². The first-order valence-corrected chi connectivity index (χ1v) is 31.9. The van der Waals surface area contributed by atoms with Crippen LogP contribution in [0.5, 0.6) is 0 Å². The van der Waals surface area contributed by atoms with Crippen molar-refractivity contribution in [3.63, 3.8) is 0 Å². The van der Waals surface area contributed by atoms with E-state index in [0.717, 1.165) is 67.8 Å². The third-order valence-electron chi connectivity index (χ3n) is 17.3. The molecule has 2 aliphatic heterocycles. The molecule has 4 aliphatic rings. The Morgan fingerprint density at radius 2 is 1.04 bits per heavy atom. The van der Waals surface area contributed by atoms with Gasteiger partial charge in [-0.1, -0.05) is 205 Å². The van der Waals surface area contributed by atoms with Gasteiger partial charge in [-0.25, -0.2) is 0 Å². The Hall–Kier alpha value is -1.57. The number of nitrogens with one attached hydrogen (secondary N) is 1. The zero-order valence-electron chi connectivity index (χ0n) is 49.2. The number of ether oxygens (including phenoxy) is 5. The van der Waals surface area contributed by atoms with Crippen LogP contribution in [0.1, 0.15) is 240 Å². The highest BCUT2D eigenvalue weighted by Crippen LogP contribution is 2.47. The molecular weight excluding hydrogens is 995 g/mol. The summed E-state index contributed by atoms with van der Waals surface area (Å²) in [4.78, 5) is 13.6. The average Bonchev–Trinajstić information content (AvgIpc) is 4.40. The predicted molar refractivity (Wildman–Crippen MR) is 306 cm³/mol. The van der Waals surface area contributed by atoms with Crippen LogP contribution in [-0.4, -0.2) is 153 Å². The number of amides is 1. The first-order valence-electron chi connectivity index (χ1n) is 31.9. The molecule has 1 amide bonds. The van der Waals surface area contributed by atoms with Crippen LogP contribution >= 0.6 is 0 Å². The topological polar surface area (TPSA) is 237 Å². The minimum atomic E-state index is -1.70. The van der Waals surface area contributed by atoms with E-state index in [1.807, 2.05) is 19.9 Å². The van der Waals surface area contributed by atoms with Gasteiger partial charge in [0.15, 0.2) is 12.6 Å². The second-order valence-electron chi connectivity index (χ2n) is 24.4. The highest BCUT2D eigenvalue weighted by atomic mass is 16.7. The Balaban J connectivity index is 1.25. The Morgan fingerprint density at radius 1 is 0.551 bits per heavy atom. The highest BCUT2D eigenvalue weighted by Gasteiger charge is 2.49.